The van der Waals surface area contributed by atoms with Crippen molar-refractivity contribution < 1.29 is 4.79 Å². The molecule has 120 valence electrons. The van der Waals surface area contributed by atoms with Gasteiger partial charge in [0.25, 0.3) is 5.56 Å². The fourth-order valence-corrected chi connectivity index (χ4v) is 3.33. The van der Waals surface area contributed by atoms with E-state index < -0.39 is 0 Å². The number of benzene rings is 1. The summed E-state index contributed by atoms with van der Waals surface area (Å²) in [6, 6.07) is 10.5. The number of amides is 1. The van der Waals surface area contributed by atoms with E-state index in [1.807, 2.05) is 18.2 Å². The maximum Gasteiger partial charge on any atom is 0.254 e. The second-order valence-electron chi connectivity index (χ2n) is 6.06. The maximum atomic E-state index is 12.3. The summed E-state index contributed by atoms with van der Waals surface area (Å²) in [5, 5.41) is 3.12. The normalized spacial score (nSPS) is 20.9. The van der Waals surface area contributed by atoms with E-state index in [0.717, 1.165) is 19.3 Å². The minimum Gasteiger partial charge on any atom is -0.352 e. The van der Waals surface area contributed by atoms with Crippen LogP contribution >= 0.6 is 0 Å². The molecular formula is C18H21N3O2. The lowest BCUT2D eigenvalue weighted by molar-refractivity contribution is -0.121. The van der Waals surface area contributed by atoms with Gasteiger partial charge in [0.05, 0.1) is 12.7 Å². The number of hydrogen-bond donors (Lipinski definition) is 2. The number of aromatic amines is 1. The van der Waals surface area contributed by atoms with Gasteiger partial charge < -0.3 is 10.3 Å². The van der Waals surface area contributed by atoms with E-state index in [2.05, 4.69) is 27.4 Å². The van der Waals surface area contributed by atoms with Crippen LogP contribution in [-0.4, -0.2) is 21.9 Å². The van der Waals surface area contributed by atoms with Crippen LogP contribution in [0.5, 0.6) is 0 Å². The number of rotatable bonds is 4. The quantitative estimate of drug-likeness (QED) is 0.908. The molecule has 2 atom stereocenters. The van der Waals surface area contributed by atoms with Crippen molar-refractivity contribution in [2.75, 3.05) is 0 Å². The predicted molar refractivity (Wildman–Crippen MR) is 88.1 cm³/mol. The lowest BCUT2D eigenvalue weighted by atomic mass is 9.80. The van der Waals surface area contributed by atoms with Crippen molar-refractivity contribution in [2.24, 2.45) is 0 Å². The molecule has 3 rings (SSSR count). The third-order valence-corrected chi connectivity index (χ3v) is 4.48. The number of nitrogens with zero attached hydrogens (tertiary/aromatic N) is 1. The molecule has 23 heavy (non-hydrogen) atoms. The molecule has 1 fully saturated rings. The molecule has 0 spiro atoms. The Labute approximate surface area is 135 Å². The summed E-state index contributed by atoms with van der Waals surface area (Å²) in [6.45, 7) is 0. The number of nitrogens with one attached hydrogen (secondary N) is 2. The van der Waals surface area contributed by atoms with Crippen molar-refractivity contribution in [3.8, 4) is 0 Å². The van der Waals surface area contributed by atoms with Crippen molar-refractivity contribution in [3.05, 3.63) is 64.3 Å². The van der Waals surface area contributed by atoms with Crippen molar-refractivity contribution in [1.29, 1.82) is 0 Å². The molecule has 0 bridgehead atoms. The molecule has 1 aliphatic carbocycles. The van der Waals surface area contributed by atoms with E-state index >= 15 is 0 Å². The van der Waals surface area contributed by atoms with Gasteiger partial charge in [0, 0.05) is 23.7 Å². The number of H-pyrrole nitrogens is 1. The molecule has 0 radical (unpaired) electrons. The van der Waals surface area contributed by atoms with Crippen LogP contribution in [0.4, 0.5) is 0 Å². The fraction of sp³-hybridized carbons (Fsp3) is 0.389. The third-order valence-electron chi connectivity index (χ3n) is 4.48. The molecular weight excluding hydrogens is 290 g/mol. The zero-order chi connectivity index (χ0) is 16.1. The zero-order valence-electron chi connectivity index (χ0n) is 13.0. The first-order chi connectivity index (χ1) is 11.2. The molecule has 5 heteroatoms. The van der Waals surface area contributed by atoms with Crippen LogP contribution in [0.15, 0.2) is 47.7 Å². The van der Waals surface area contributed by atoms with Gasteiger partial charge in [-0.15, -0.1) is 0 Å². The number of carbonyl (C=O) groups excluding carboxylic acids is 1. The highest BCUT2D eigenvalue weighted by molar-refractivity contribution is 5.78. The van der Waals surface area contributed by atoms with E-state index in [1.54, 1.807) is 0 Å². The highest BCUT2D eigenvalue weighted by Crippen LogP contribution is 2.32. The van der Waals surface area contributed by atoms with Crippen LogP contribution in [0.1, 0.15) is 42.7 Å². The van der Waals surface area contributed by atoms with Crippen molar-refractivity contribution in [1.82, 2.24) is 15.3 Å². The third kappa shape index (κ3) is 3.86. The summed E-state index contributed by atoms with van der Waals surface area (Å²) in [6.07, 6.45) is 7.23. The molecule has 1 aromatic heterocycles. The van der Waals surface area contributed by atoms with Gasteiger partial charge in [0.15, 0.2) is 0 Å². The summed E-state index contributed by atoms with van der Waals surface area (Å²) in [5.74, 6) is 0.234. The number of hydrogen-bond acceptors (Lipinski definition) is 3. The first-order valence-electron chi connectivity index (χ1n) is 8.10. The van der Waals surface area contributed by atoms with Crippen LogP contribution < -0.4 is 10.9 Å². The zero-order valence-corrected chi connectivity index (χ0v) is 13.0. The van der Waals surface area contributed by atoms with Gasteiger partial charge in [-0.2, -0.15) is 0 Å². The fourth-order valence-electron chi connectivity index (χ4n) is 3.33. The maximum absolute atomic E-state index is 12.3. The molecule has 1 aliphatic rings. The summed E-state index contributed by atoms with van der Waals surface area (Å²) in [7, 11) is 0. The average Bonchev–Trinajstić information content (AvgIpc) is 2.58. The molecule has 2 aromatic rings. The lowest BCUT2D eigenvalue weighted by Gasteiger charge is -2.32. The van der Waals surface area contributed by atoms with Gasteiger partial charge >= 0.3 is 0 Å². The Morgan fingerprint density at radius 2 is 2.00 bits per heavy atom. The van der Waals surface area contributed by atoms with Gasteiger partial charge in [-0.25, -0.2) is 4.98 Å². The lowest BCUT2D eigenvalue weighted by Crippen LogP contribution is -2.42. The van der Waals surface area contributed by atoms with Crippen LogP contribution in [0.3, 0.4) is 0 Å². The van der Waals surface area contributed by atoms with Crippen LogP contribution in [0, 0.1) is 0 Å². The predicted octanol–water partition coefficient (Wildman–Crippen LogP) is 2.16. The molecule has 1 saturated carbocycles. The first kappa shape index (κ1) is 15.5. The Hall–Kier alpha value is -2.43. The molecule has 1 aromatic carbocycles. The smallest absolute Gasteiger partial charge is 0.254 e. The Morgan fingerprint density at radius 3 is 2.78 bits per heavy atom. The van der Waals surface area contributed by atoms with Crippen LogP contribution in [0.2, 0.25) is 0 Å². The highest BCUT2D eigenvalue weighted by Gasteiger charge is 2.27. The molecule has 1 heterocycles. The molecule has 0 unspecified atom stereocenters. The van der Waals surface area contributed by atoms with Gasteiger partial charge in [-0.05, 0) is 18.4 Å². The largest absolute Gasteiger partial charge is 0.352 e. The molecule has 0 saturated heterocycles. The molecule has 5 nitrogen and oxygen atoms in total. The van der Waals surface area contributed by atoms with Crippen molar-refractivity contribution >= 4 is 5.91 Å². The van der Waals surface area contributed by atoms with Crippen molar-refractivity contribution in [3.63, 3.8) is 0 Å². The van der Waals surface area contributed by atoms with E-state index in [0.29, 0.717) is 11.5 Å². The Bertz CT molecular complexity index is 711. The number of carbonyl (C=O) groups is 1. The summed E-state index contributed by atoms with van der Waals surface area (Å²) < 4.78 is 0. The van der Waals surface area contributed by atoms with E-state index in [4.69, 9.17) is 0 Å². The van der Waals surface area contributed by atoms with E-state index in [1.165, 1.54) is 24.5 Å². The van der Waals surface area contributed by atoms with Gasteiger partial charge in [-0.3, -0.25) is 9.59 Å². The highest BCUT2D eigenvalue weighted by atomic mass is 16.2. The average molecular weight is 311 g/mol. The van der Waals surface area contributed by atoms with E-state index in [-0.39, 0.29) is 23.9 Å². The van der Waals surface area contributed by atoms with Gasteiger partial charge in [0.1, 0.15) is 0 Å². The Balaban J connectivity index is 1.68. The first-order valence-corrected chi connectivity index (χ1v) is 8.10. The second kappa shape index (κ2) is 7.22. The minimum atomic E-state index is -0.251. The van der Waals surface area contributed by atoms with Gasteiger partial charge in [-0.1, -0.05) is 43.2 Å². The van der Waals surface area contributed by atoms with Gasteiger partial charge in [0.2, 0.25) is 5.91 Å². The summed E-state index contributed by atoms with van der Waals surface area (Å²) >= 11 is 0. The SMILES string of the molecule is O=C(Cc1cnc[nH]c1=O)N[C@@H]1CCCC[C@H]1c1ccccc1. The van der Waals surface area contributed by atoms with Crippen molar-refractivity contribution in [2.45, 2.75) is 44.1 Å². The molecule has 1 amide bonds. The monoisotopic (exact) mass is 311 g/mol. The summed E-state index contributed by atoms with van der Waals surface area (Å²) in [4.78, 5) is 30.3. The standard InChI is InChI=1S/C18H21N3O2/c22-17(10-14-11-19-12-20-18(14)23)21-16-9-5-4-8-15(16)13-6-2-1-3-7-13/h1-3,6-7,11-12,15-16H,4-5,8-10H2,(H,21,22)(H,19,20,23)/t15-,16+/m0/s1. The molecule has 2 N–H and O–H groups in total. The second-order valence-corrected chi connectivity index (χ2v) is 6.06. The Morgan fingerprint density at radius 1 is 1.22 bits per heavy atom. The minimum absolute atomic E-state index is 0.0706. The van der Waals surface area contributed by atoms with E-state index in [9.17, 15) is 9.59 Å². The number of aromatic nitrogens is 2. The summed E-state index contributed by atoms with van der Waals surface area (Å²) in [5.41, 5.74) is 1.42. The topological polar surface area (TPSA) is 74.8 Å². The molecule has 0 aliphatic heterocycles. The Kier molecular flexibility index (Phi) is 4.86. The van der Waals surface area contributed by atoms with Crippen LogP contribution in [-0.2, 0) is 11.2 Å². The van der Waals surface area contributed by atoms with Crippen LogP contribution in [0.25, 0.3) is 0 Å².